The first-order valence-corrected chi connectivity index (χ1v) is 27.3. The molecule has 0 unspecified atom stereocenters. The first-order chi connectivity index (χ1) is 36.7. The van der Waals surface area contributed by atoms with E-state index in [0.717, 1.165) is 22.7 Å². The summed E-state index contributed by atoms with van der Waals surface area (Å²) < 4.78 is 0. The predicted octanol–water partition coefficient (Wildman–Crippen LogP) is 20.2. The van der Waals surface area contributed by atoms with Gasteiger partial charge in [0, 0.05) is 66.0 Å². The van der Waals surface area contributed by atoms with Crippen LogP contribution in [0.15, 0.2) is 218 Å². The molecule has 0 saturated heterocycles. The lowest BCUT2D eigenvalue weighted by Crippen LogP contribution is -2.18. The zero-order valence-electron chi connectivity index (χ0n) is 44.7. The highest BCUT2D eigenvalue weighted by Gasteiger charge is 2.44. The number of fused-ring (bicyclic) bond motifs is 14. The van der Waals surface area contributed by atoms with E-state index in [9.17, 15) is 0 Å². The van der Waals surface area contributed by atoms with E-state index in [2.05, 4.69) is 284 Å². The summed E-state index contributed by atoms with van der Waals surface area (Å²) in [5.74, 6) is 0. The van der Waals surface area contributed by atoms with Crippen LogP contribution in [0.4, 0.5) is 34.1 Å². The Bertz CT molecular complexity index is 3950. The molecule has 76 heavy (non-hydrogen) atoms. The Morgan fingerprint density at radius 3 is 0.816 bits per heavy atom. The van der Waals surface area contributed by atoms with E-state index in [0.29, 0.717) is 0 Å². The average Bonchev–Trinajstić information content (AvgIpc) is 4.11. The third kappa shape index (κ3) is 5.99. The molecule has 0 spiro atoms. The molecule has 15 rings (SSSR count). The molecule has 0 saturated carbocycles. The normalized spacial score (nSPS) is 15.8. The fourth-order valence-electron chi connectivity index (χ4n) is 14.6. The minimum atomic E-state index is -0.224. The fraction of sp³-hybridized carbons (Fsp3) is 0.162. The molecule has 2 heteroatoms. The lowest BCUT2D eigenvalue weighted by molar-refractivity contribution is 0.652. The monoisotopic (exact) mass is 976 g/mol. The van der Waals surface area contributed by atoms with Crippen molar-refractivity contribution in [2.75, 3.05) is 9.80 Å². The second-order valence-corrected chi connectivity index (χ2v) is 24.1. The molecule has 11 aromatic rings. The van der Waals surface area contributed by atoms with Gasteiger partial charge < -0.3 is 9.80 Å². The molecule has 0 atom stereocenters. The second kappa shape index (κ2) is 15.6. The van der Waals surface area contributed by atoms with Crippen molar-refractivity contribution in [3.05, 3.63) is 263 Å². The van der Waals surface area contributed by atoms with Crippen LogP contribution in [-0.2, 0) is 21.7 Å². The van der Waals surface area contributed by atoms with Crippen molar-refractivity contribution in [2.45, 2.75) is 77.0 Å². The van der Waals surface area contributed by atoms with E-state index < -0.39 is 0 Å². The first-order valence-electron chi connectivity index (χ1n) is 27.3. The van der Waals surface area contributed by atoms with Crippen LogP contribution in [0.1, 0.15) is 99.9 Å². The third-order valence-electron chi connectivity index (χ3n) is 18.6. The summed E-state index contributed by atoms with van der Waals surface area (Å²) in [6.07, 6.45) is 0. The number of anilines is 6. The maximum absolute atomic E-state index is 2.53. The van der Waals surface area contributed by atoms with Crippen LogP contribution in [0.3, 0.4) is 0 Å². The number of benzene rings is 11. The Morgan fingerprint density at radius 2 is 0.474 bits per heavy atom. The molecule has 0 amide bonds. The average molecular weight is 977 g/mol. The maximum atomic E-state index is 2.53. The van der Waals surface area contributed by atoms with Crippen LogP contribution in [0.2, 0.25) is 0 Å². The molecule has 0 aliphatic heterocycles. The highest BCUT2D eigenvalue weighted by molar-refractivity contribution is 6.23. The Morgan fingerprint density at radius 1 is 0.211 bits per heavy atom. The Hall–Kier alpha value is -8.46. The van der Waals surface area contributed by atoms with Crippen LogP contribution < -0.4 is 9.80 Å². The summed E-state index contributed by atoms with van der Waals surface area (Å²) in [6, 6.07) is 82.9. The fourth-order valence-corrected chi connectivity index (χ4v) is 14.6. The summed E-state index contributed by atoms with van der Waals surface area (Å²) in [7, 11) is 0. The van der Waals surface area contributed by atoms with E-state index in [1.807, 2.05) is 0 Å². The van der Waals surface area contributed by atoms with Crippen LogP contribution in [-0.4, -0.2) is 0 Å². The number of rotatable bonds is 6. The van der Waals surface area contributed by atoms with Crippen molar-refractivity contribution in [1.29, 1.82) is 0 Å². The van der Waals surface area contributed by atoms with Gasteiger partial charge in [0.2, 0.25) is 0 Å². The highest BCUT2D eigenvalue weighted by atomic mass is 15.2. The van der Waals surface area contributed by atoms with Gasteiger partial charge in [0.25, 0.3) is 0 Å². The lowest BCUT2D eigenvalue weighted by Gasteiger charge is -2.34. The third-order valence-corrected chi connectivity index (χ3v) is 18.6. The van der Waals surface area contributed by atoms with E-state index >= 15 is 0 Å². The number of nitrogens with zero attached hydrogens (tertiary/aromatic N) is 2. The Labute approximate surface area is 447 Å². The van der Waals surface area contributed by atoms with Gasteiger partial charge in [-0.3, -0.25) is 0 Å². The van der Waals surface area contributed by atoms with Gasteiger partial charge in [-0.1, -0.05) is 201 Å². The summed E-state index contributed by atoms with van der Waals surface area (Å²) >= 11 is 0. The van der Waals surface area contributed by atoms with Crippen LogP contribution >= 0.6 is 0 Å². The van der Waals surface area contributed by atoms with Crippen LogP contribution in [0.25, 0.3) is 66.1 Å². The van der Waals surface area contributed by atoms with E-state index in [4.69, 9.17) is 0 Å². The molecule has 0 fully saturated rings. The Kier molecular flexibility index (Phi) is 9.21. The summed E-state index contributed by atoms with van der Waals surface area (Å²) in [6.45, 7) is 19.3. The van der Waals surface area contributed by atoms with Crippen molar-refractivity contribution >= 4 is 55.7 Å². The van der Waals surface area contributed by atoms with E-state index in [-0.39, 0.29) is 21.7 Å². The Balaban J connectivity index is 0.918. The van der Waals surface area contributed by atoms with E-state index in [1.165, 1.54) is 122 Å². The molecule has 0 aromatic heterocycles. The lowest BCUT2D eigenvalue weighted by atomic mass is 9.79. The van der Waals surface area contributed by atoms with E-state index in [1.54, 1.807) is 0 Å². The number of para-hydroxylation sites is 2. The quantitative estimate of drug-likeness (QED) is 0.121. The summed E-state index contributed by atoms with van der Waals surface area (Å²) in [4.78, 5) is 5.07. The minimum Gasteiger partial charge on any atom is -0.309 e. The molecular formula is C74H60N2. The standard InChI is InChI=1S/C74H60N2/c1-71(2)61-33-21-19-27-49(61)57-41-67-59(43-65(57)71)51-37-35-47(39-63(51)73(67,5)6)75(45-23-11-9-12-24-45)69-53-29-15-17-31-55(53)70(56-32-18-16-30-54(56)69)76(46-25-13-10-14-26-46)48-36-38-52-60-44-66-58(42-68(60)74(7,8)64(52)40-48)50-28-20-22-34-62(50)72(66,3)4/h9-44H,1-8H3. The van der Waals surface area contributed by atoms with Crippen LogP contribution in [0, 0.1) is 0 Å². The number of hydrogen-bond acceptors (Lipinski definition) is 2. The molecule has 0 radical (unpaired) electrons. The van der Waals surface area contributed by atoms with Gasteiger partial charge in [-0.15, -0.1) is 0 Å². The molecular weight excluding hydrogens is 917 g/mol. The first kappa shape index (κ1) is 45.0. The second-order valence-electron chi connectivity index (χ2n) is 24.1. The molecule has 2 nitrogen and oxygen atoms in total. The largest absolute Gasteiger partial charge is 0.309 e. The van der Waals surface area contributed by atoms with Crippen molar-refractivity contribution < 1.29 is 0 Å². The van der Waals surface area contributed by atoms with Crippen molar-refractivity contribution in [3.8, 4) is 44.5 Å². The molecule has 11 aromatic carbocycles. The zero-order chi connectivity index (χ0) is 51.6. The van der Waals surface area contributed by atoms with Gasteiger partial charge in [-0.2, -0.15) is 0 Å². The van der Waals surface area contributed by atoms with Crippen molar-refractivity contribution in [1.82, 2.24) is 0 Å². The highest BCUT2D eigenvalue weighted by Crippen LogP contribution is 2.60. The molecule has 366 valence electrons. The summed E-state index contributed by atoms with van der Waals surface area (Å²) in [5, 5.41) is 4.75. The van der Waals surface area contributed by atoms with Gasteiger partial charge >= 0.3 is 0 Å². The molecule has 4 aliphatic carbocycles. The van der Waals surface area contributed by atoms with Gasteiger partial charge in [0.1, 0.15) is 0 Å². The maximum Gasteiger partial charge on any atom is 0.0619 e. The predicted molar refractivity (Wildman–Crippen MR) is 321 cm³/mol. The topological polar surface area (TPSA) is 6.48 Å². The van der Waals surface area contributed by atoms with Gasteiger partial charge in [-0.05, 0) is 162 Å². The van der Waals surface area contributed by atoms with Crippen molar-refractivity contribution in [3.63, 3.8) is 0 Å². The van der Waals surface area contributed by atoms with Crippen LogP contribution in [0.5, 0.6) is 0 Å². The zero-order valence-corrected chi connectivity index (χ0v) is 44.7. The van der Waals surface area contributed by atoms with Crippen molar-refractivity contribution in [2.24, 2.45) is 0 Å². The summed E-state index contributed by atoms with van der Waals surface area (Å²) in [5.41, 5.74) is 28.3. The number of hydrogen-bond donors (Lipinski definition) is 0. The van der Waals surface area contributed by atoms with Gasteiger partial charge in [0.05, 0.1) is 11.4 Å². The SMILES string of the molecule is CC1(C)c2ccccc2-c2cc3c(cc21)-c1ccc(N(c2ccccc2)c2c4ccccc4c(N(c4ccccc4)c4ccc5c(c4)C(C)(C)c4cc6c(cc4-5)C(C)(C)c4ccccc4-6)c4ccccc24)cc1C3(C)C. The van der Waals surface area contributed by atoms with Gasteiger partial charge in [-0.25, -0.2) is 0 Å². The smallest absolute Gasteiger partial charge is 0.0619 e. The van der Waals surface area contributed by atoms with Gasteiger partial charge in [0.15, 0.2) is 0 Å². The molecule has 4 aliphatic rings. The molecule has 0 bridgehead atoms. The molecule has 0 heterocycles. The molecule has 0 N–H and O–H groups in total. The minimum absolute atomic E-state index is 0.0724.